The molecule has 0 aliphatic rings. The molecule has 1 atom stereocenters. The van der Waals surface area contributed by atoms with Crippen LogP contribution in [0.4, 0.5) is 22.4 Å². The van der Waals surface area contributed by atoms with Crippen LogP contribution in [0.3, 0.4) is 0 Å². The first-order valence-corrected chi connectivity index (χ1v) is 4.84. The number of nitrogens with one attached hydrogen (secondary N) is 1. The van der Waals surface area contributed by atoms with Crippen molar-refractivity contribution in [1.29, 1.82) is 0 Å². The zero-order valence-corrected chi connectivity index (χ0v) is 9.47. The van der Waals surface area contributed by atoms with Gasteiger partial charge in [-0.15, -0.1) is 0 Å². The van der Waals surface area contributed by atoms with E-state index in [9.17, 15) is 27.2 Å². The number of imide groups is 1. The van der Waals surface area contributed by atoms with Gasteiger partial charge < -0.3 is 10.5 Å². The maximum absolute atomic E-state index is 13.2. The second-order valence-corrected chi connectivity index (χ2v) is 3.41. The van der Waals surface area contributed by atoms with E-state index in [1.165, 1.54) is 0 Å². The Balaban J connectivity index is 3.00. The lowest BCUT2D eigenvalue weighted by Crippen LogP contribution is -2.42. The number of urea groups is 1. The molecule has 0 unspecified atom stereocenters. The van der Waals surface area contributed by atoms with Crippen molar-refractivity contribution in [3.63, 3.8) is 0 Å². The Morgan fingerprint density at radius 2 is 1.68 bits per heavy atom. The van der Waals surface area contributed by atoms with E-state index in [0.29, 0.717) is 0 Å². The number of carbonyl (C=O) groups is 2. The number of benzene rings is 1. The standard InChI is InChI=1S/C10H8F4N2O3/c1-3(9(17)16-10(15)18)19-8-6(13)4(11)2-5(12)7(8)14/h2-3H,1H3,(H3,15,16,17,18)/t3-/m0/s1. The molecule has 9 heteroatoms. The second-order valence-electron chi connectivity index (χ2n) is 3.41. The number of hydrogen-bond donors (Lipinski definition) is 2. The lowest BCUT2D eigenvalue weighted by molar-refractivity contribution is -0.126. The number of halogens is 4. The molecule has 0 aromatic heterocycles. The summed E-state index contributed by atoms with van der Waals surface area (Å²) in [5.74, 6) is -9.48. The SMILES string of the molecule is C[C@H](Oc1c(F)c(F)cc(F)c1F)C(=O)NC(N)=O. The number of amides is 3. The predicted molar refractivity (Wildman–Crippen MR) is 54.1 cm³/mol. The van der Waals surface area contributed by atoms with Crippen molar-refractivity contribution in [2.75, 3.05) is 0 Å². The summed E-state index contributed by atoms with van der Waals surface area (Å²) in [5.41, 5.74) is 4.64. The molecule has 0 aliphatic carbocycles. The summed E-state index contributed by atoms with van der Waals surface area (Å²) in [7, 11) is 0. The van der Waals surface area contributed by atoms with Crippen LogP contribution in [0.15, 0.2) is 6.07 Å². The van der Waals surface area contributed by atoms with E-state index >= 15 is 0 Å². The van der Waals surface area contributed by atoms with Crippen molar-refractivity contribution in [1.82, 2.24) is 5.32 Å². The molecular formula is C10H8F4N2O3. The smallest absolute Gasteiger partial charge is 0.318 e. The van der Waals surface area contributed by atoms with E-state index in [4.69, 9.17) is 0 Å². The van der Waals surface area contributed by atoms with Gasteiger partial charge in [-0.3, -0.25) is 10.1 Å². The molecule has 0 heterocycles. The third-order valence-electron chi connectivity index (χ3n) is 1.98. The Hall–Kier alpha value is -2.32. The molecule has 0 aliphatic heterocycles. The Labute approximate surface area is 104 Å². The molecular weight excluding hydrogens is 272 g/mol. The van der Waals surface area contributed by atoms with Gasteiger partial charge in [0.2, 0.25) is 11.6 Å². The molecule has 5 nitrogen and oxygen atoms in total. The van der Waals surface area contributed by atoms with Crippen LogP contribution in [0.2, 0.25) is 0 Å². The van der Waals surface area contributed by atoms with Crippen molar-refractivity contribution in [3.05, 3.63) is 29.3 Å². The summed E-state index contributed by atoms with van der Waals surface area (Å²) in [4.78, 5) is 21.6. The van der Waals surface area contributed by atoms with Crippen LogP contribution in [0, 0.1) is 23.3 Å². The molecule has 0 spiro atoms. The molecule has 1 aromatic carbocycles. The highest BCUT2D eigenvalue weighted by atomic mass is 19.2. The summed E-state index contributed by atoms with van der Waals surface area (Å²) in [6.45, 7) is 1.000. The maximum Gasteiger partial charge on any atom is 0.318 e. The van der Waals surface area contributed by atoms with Gasteiger partial charge in [-0.25, -0.2) is 13.6 Å². The van der Waals surface area contributed by atoms with Gasteiger partial charge in [0.1, 0.15) is 0 Å². The molecule has 0 saturated heterocycles. The Morgan fingerprint density at radius 3 is 2.11 bits per heavy atom. The van der Waals surface area contributed by atoms with Crippen LogP contribution < -0.4 is 15.8 Å². The molecule has 1 rings (SSSR count). The minimum absolute atomic E-state index is 0.00826. The number of ether oxygens (including phenoxy) is 1. The lowest BCUT2D eigenvalue weighted by atomic mass is 10.2. The first kappa shape index (κ1) is 14.7. The summed E-state index contributed by atoms with van der Waals surface area (Å²) < 4.78 is 56.5. The summed E-state index contributed by atoms with van der Waals surface area (Å²) in [6.07, 6.45) is -1.60. The van der Waals surface area contributed by atoms with Crippen LogP contribution in [-0.2, 0) is 4.79 Å². The largest absolute Gasteiger partial charge is 0.474 e. The predicted octanol–water partition coefficient (Wildman–Crippen LogP) is 1.21. The number of rotatable bonds is 3. The fraction of sp³-hybridized carbons (Fsp3) is 0.200. The van der Waals surface area contributed by atoms with E-state index < -0.39 is 47.1 Å². The highest BCUT2D eigenvalue weighted by molar-refractivity contribution is 5.95. The minimum atomic E-state index is -1.79. The summed E-state index contributed by atoms with van der Waals surface area (Å²) in [5, 5.41) is 1.57. The van der Waals surface area contributed by atoms with E-state index in [2.05, 4.69) is 10.5 Å². The first-order valence-electron chi connectivity index (χ1n) is 4.84. The van der Waals surface area contributed by atoms with Gasteiger partial charge in [0.15, 0.2) is 23.5 Å². The summed E-state index contributed by atoms with van der Waals surface area (Å²) >= 11 is 0. The third kappa shape index (κ3) is 3.33. The van der Waals surface area contributed by atoms with Gasteiger partial charge in [0.05, 0.1) is 0 Å². The molecule has 0 bridgehead atoms. The maximum atomic E-state index is 13.2. The quantitative estimate of drug-likeness (QED) is 0.645. The average molecular weight is 280 g/mol. The van der Waals surface area contributed by atoms with E-state index in [1.54, 1.807) is 5.32 Å². The zero-order valence-electron chi connectivity index (χ0n) is 9.47. The zero-order chi connectivity index (χ0) is 14.7. The van der Waals surface area contributed by atoms with Crippen LogP contribution in [0.5, 0.6) is 5.75 Å². The molecule has 1 aromatic rings. The minimum Gasteiger partial charge on any atom is -0.474 e. The fourth-order valence-electron chi connectivity index (χ4n) is 1.11. The van der Waals surface area contributed by atoms with E-state index in [-0.39, 0.29) is 6.07 Å². The van der Waals surface area contributed by atoms with Gasteiger partial charge >= 0.3 is 6.03 Å². The van der Waals surface area contributed by atoms with Gasteiger partial charge in [0.25, 0.3) is 5.91 Å². The number of primary amides is 1. The van der Waals surface area contributed by atoms with Crippen molar-refractivity contribution in [2.24, 2.45) is 5.73 Å². The van der Waals surface area contributed by atoms with E-state index in [1.807, 2.05) is 0 Å². The van der Waals surface area contributed by atoms with Gasteiger partial charge in [-0.05, 0) is 6.92 Å². The fourth-order valence-corrected chi connectivity index (χ4v) is 1.11. The van der Waals surface area contributed by atoms with Gasteiger partial charge in [0, 0.05) is 6.07 Å². The number of nitrogens with two attached hydrogens (primary N) is 1. The van der Waals surface area contributed by atoms with Crippen molar-refractivity contribution >= 4 is 11.9 Å². The number of hydrogen-bond acceptors (Lipinski definition) is 3. The molecule has 3 amide bonds. The molecule has 0 saturated carbocycles. The Bertz CT molecular complexity index is 510. The molecule has 0 radical (unpaired) electrons. The van der Waals surface area contributed by atoms with Crippen molar-refractivity contribution in [3.8, 4) is 5.75 Å². The Morgan fingerprint density at radius 1 is 1.21 bits per heavy atom. The highest BCUT2D eigenvalue weighted by Gasteiger charge is 2.25. The summed E-state index contributed by atoms with van der Waals surface area (Å²) in [6, 6.07) is -1.22. The second kappa shape index (κ2) is 5.55. The van der Waals surface area contributed by atoms with Crippen LogP contribution in [0.25, 0.3) is 0 Å². The first-order chi connectivity index (χ1) is 8.73. The molecule has 3 N–H and O–H groups in total. The molecule has 104 valence electrons. The van der Waals surface area contributed by atoms with E-state index in [0.717, 1.165) is 6.92 Å². The topological polar surface area (TPSA) is 81.4 Å². The Kier molecular flexibility index (Phi) is 4.30. The monoisotopic (exact) mass is 280 g/mol. The van der Waals surface area contributed by atoms with Gasteiger partial charge in [-0.2, -0.15) is 8.78 Å². The number of carbonyl (C=O) groups excluding carboxylic acids is 2. The normalized spacial score (nSPS) is 11.8. The van der Waals surface area contributed by atoms with Crippen molar-refractivity contribution in [2.45, 2.75) is 13.0 Å². The average Bonchev–Trinajstić information content (AvgIpc) is 2.31. The van der Waals surface area contributed by atoms with Crippen LogP contribution in [0.1, 0.15) is 6.92 Å². The van der Waals surface area contributed by atoms with Crippen LogP contribution >= 0.6 is 0 Å². The third-order valence-corrected chi connectivity index (χ3v) is 1.98. The molecule has 0 fully saturated rings. The molecule has 19 heavy (non-hydrogen) atoms. The lowest BCUT2D eigenvalue weighted by Gasteiger charge is -2.14. The highest BCUT2D eigenvalue weighted by Crippen LogP contribution is 2.27. The van der Waals surface area contributed by atoms with Crippen LogP contribution in [-0.4, -0.2) is 18.0 Å². The van der Waals surface area contributed by atoms with Gasteiger partial charge in [-0.1, -0.05) is 0 Å². The van der Waals surface area contributed by atoms with Crippen molar-refractivity contribution < 1.29 is 31.9 Å².